The minimum Gasteiger partial charge on any atom is -0.383 e. The average Bonchev–Trinajstić information content (AvgIpc) is 2.26. The second kappa shape index (κ2) is 6.21. The van der Waals surface area contributed by atoms with Crippen molar-refractivity contribution in [2.45, 2.75) is 6.54 Å². The molecule has 0 fully saturated rings. The quantitative estimate of drug-likeness (QED) is 0.470. The number of ether oxygens (including phenoxy) is 1. The zero-order valence-corrected chi connectivity index (χ0v) is 9.20. The fourth-order valence-electron chi connectivity index (χ4n) is 1.25. The molecule has 0 unspecified atom stereocenters. The van der Waals surface area contributed by atoms with Crippen molar-refractivity contribution >= 4 is 5.69 Å². The minimum absolute atomic E-state index is 0.0502. The van der Waals surface area contributed by atoms with Crippen LogP contribution in [-0.4, -0.2) is 25.2 Å². The van der Waals surface area contributed by atoms with Crippen molar-refractivity contribution in [3.63, 3.8) is 0 Å². The van der Waals surface area contributed by atoms with Crippen molar-refractivity contribution in [3.05, 3.63) is 39.4 Å². The normalized spacial score (nSPS) is 10.5. The van der Waals surface area contributed by atoms with E-state index < -0.39 is 22.2 Å². The molecule has 0 aliphatic carbocycles. The second-order valence-corrected chi connectivity index (χ2v) is 3.32. The molecule has 0 saturated heterocycles. The van der Waals surface area contributed by atoms with Crippen LogP contribution in [0.3, 0.4) is 0 Å². The zero-order chi connectivity index (χ0) is 12.8. The van der Waals surface area contributed by atoms with E-state index in [2.05, 4.69) is 5.32 Å². The Bertz CT molecular complexity index is 413. The van der Waals surface area contributed by atoms with E-state index in [4.69, 9.17) is 4.74 Å². The number of nitro groups is 1. The number of hydrogen-bond donors (Lipinski definition) is 1. The van der Waals surface area contributed by atoms with Crippen LogP contribution < -0.4 is 5.32 Å². The highest BCUT2D eigenvalue weighted by Crippen LogP contribution is 2.21. The van der Waals surface area contributed by atoms with Gasteiger partial charge in [0.15, 0.2) is 0 Å². The molecule has 0 heterocycles. The smallest absolute Gasteiger partial charge is 0.305 e. The summed E-state index contributed by atoms with van der Waals surface area (Å²) in [6, 6.07) is 1.41. The van der Waals surface area contributed by atoms with Crippen molar-refractivity contribution in [1.82, 2.24) is 5.32 Å². The zero-order valence-electron chi connectivity index (χ0n) is 9.20. The summed E-state index contributed by atoms with van der Waals surface area (Å²) in [5.41, 5.74) is -0.677. The minimum atomic E-state index is -1.17. The molecule has 0 atom stereocenters. The molecule has 0 aromatic heterocycles. The van der Waals surface area contributed by atoms with Crippen LogP contribution in [0.1, 0.15) is 5.56 Å². The SMILES string of the molecule is COCCNCc1cc([N+](=O)[O-])c(F)cc1F. The Hall–Kier alpha value is -1.60. The topological polar surface area (TPSA) is 64.4 Å². The van der Waals surface area contributed by atoms with Crippen LogP contribution >= 0.6 is 0 Å². The van der Waals surface area contributed by atoms with Crippen LogP contribution in [0, 0.1) is 21.7 Å². The first-order valence-corrected chi connectivity index (χ1v) is 4.88. The first-order chi connectivity index (χ1) is 8.06. The summed E-state index contributed by atoms with van der Waals surface area (Å²) in [6.45, 7) is 0.988. The van der Waals surface area contributed by atoms with E-state index in [1.165, 1.54) is 7.11 Å². The molecule has 0 aliphatic heterocycles. The predicted molar refractivity (Wildman–Crippen MR) is 56.6 cm³/mol. The summed E-state index contributed by atoms with van der Waals surface area (Å²) in [6.07, 6.45) is 0. The van der Waals surface area contributed by atoms with Gasteiger partial charge in [-0.1, -0.05) is 0 Å². The Balaban J connectivity index is 2.77. The van der Waals surface area contributed by atoms with E-state index in [0.29, 0.717) is 19.2 Å². The number of nitrogens with one attached hydrogen (secondary N) is 1. The molecule has 0 amide bonds. The lowest BCUT2D eigenvalue weighted by Gasteiger charge is -2.05. The standard InChI is InChI=1S/C10H12F2N2O3/c1-17-3-2-13-6-7-4-10(14(15)16)9(12)5-8(7)11/h4-5,13H,2-3,6H2,1H3. The van der Waals surface area contributed by atoms with Gasteiger partial charge in [0.2, 0.25) is 5.82 Å². The average molecular weight is 246 g/mol. The van der Waals surface area contributed by atoms with Gasteiger partial charge in [-0.05, 0) is 0 Å². The van der Waals surface area contributed by atoms with Gasteiger partial charge in [-0.3, -0.25) is 10.1 Å². The van der Waals surface area contributed by atoms with Gasteiger partial charge in [0.25, 0.3) is 0 Å². The number of nitrogens with zero attached hydrogens (tertiary/aromatic N) is 1. The fourth-order valence-corrected chi connectivity index (χ4v) is 1.25. The van der Waals surface area contributed by atoms with E-state index in [1.807, 2.05) is 0 Å². The molecule has 1 N–H and O–H groups in total. The third kappa shape index (κ3) is 3.72. The maximum atomic E-state index is 13.3. The molecule has 17 heavy (non-hydrogen) atoms. The van der Waals surface area contributed by atoms with E-state index in [1.54, 1.807) is 0 Å². The Labute approximate surface area is 96.5 Å². The molecule has 0 saturated carbocycles. The molecule has 94 valence electrons. The van der Waals surface area contributed by atoms with Crippen LogP contribution in [0.5, 0.6) is 0 Å². The molecule has 1 aromatic carbocycles. The summed E-state index contributed by atoms with van der Waals surface area (Å²) in [7, 11) is 1.52. The van der Waals surface area contributed by atoms with Gasteiger partial charge in [0, 0.05) is 37.9 Å². The van der Waals surface area contributed by atoms with Crippen molar-refractivity contribution < 1.29 is 18.4 Å². The molecule has 0 bridgehead atoms. The Morgan fingerprint density at radius 1 is 1.41 bits per heavy atom. The molecule has 1 aromatic rings. The van der Waals surface area contributed by atoms with Crippen LogP contribution in [0.4, 0.5) is 14.5 Å². The summed E-state index contributed by atoms with van der Waals surface area (Å²) < 4.78 is 31.0. The number of methoxy groups -OCH3 is 1. The Kier molecular flexibility index (Phi) is 4.92. The largest absolute Gasteiger partial charge is 0.383 e. The first-order valence-electron chi connectivity index (χ1n) is 4.88. The summed E-state index contributed by atoms with van der Waals surface area (Å²) in [5, 5.41) is 13.3. The lowest BCUT2D eigenvalue weighted by Crippen LogP contribution is -2.19. The molecule has 1 rings (SSSR count). The van der Waals surface area contributed by atoms with Gasteiger partial charge < -0.3 is 10.1 Å². The van der Waals surface area contributed by atoms with E-state index >= 15 is 0 Å². The van der Waals surface area contributed by atoms with Crippen molar-refractivity contribution in [3.8, 4) is 0 Å². The number of halogens is 2. The molecular weight excluding hydrogens is 234 g/mol. The maximum absolute atomic E-state index is 13.3. The summed E-state index contributed by atoms with van der Waals surface area (Å²) >= 11 is 0. The molecule has 5 nitrogen and oxygen atoms in total. The van der Waals surface area contributed by atoms with Gasteiger partial charge >= 0.3 is 5.69 Å². The molecular formula is C10H12F2N2O3. The number of nitro benzene ring substituents is 1. The van der Waals surface area contributed by atoms with Gasteiger partial charge in [-0.2, -0.15) is 4.39 Å². The first kappa shape index (κ1) is 13.5. The highest BCUT2D eigenvalue weighted by atomic mass is 19.1. The third-order valence-corrected chi connectivity index (χ3v) is 2.11. The van der Waals surface area contributed by atoms with E-state index in [9.17, 15) is 18.9 Å². The number of benzene rings is 1. The van der Waals surface area contributed by atoms with Gasteiger partial charge in [0.05, 0.1) is 11.5 Å². The summed E-state index contributed by atoms with van der Waals surface area (Å²) in [4.78, 5) is 9.58. The Morgan fingerprint density at radius 3 is 2.71 bits per heavy atom. The maximum Gasteiger partial charge on any atom is 0.305 e. The van der Waals surface area contributed by atoms with Crippen molar-refractivity contribution in [1.29, 1.82) is 0 Å². The fraction of sp³-hybridized carbons (Fsp3) is 0.400. The van der Waals surface area contributed by atoms with Crippen LogP contribution in [0.15, 0.2) is 12.1 Å². The lowest BCUT2D eigenvalue weighted by molar-refractivity contribution is -0.387. The number of hydrogen-bond acceptors (Lipinski definition) is 4. The number of rotatable bonds is 6. The van der Waals surface area contributed by atoms with Gasteiger partial charge in [0.1, 0.15) is 5.82 Å². The highest BCUT2D eigenvalue weighted by Gasteiger charge is 2.17. The highest BCUT2D eigenvalue weighted by molar-refractivity contribution is 5.37. The van der Waals surface area contributed by atoms with E-state index in [-0.39, 0.29) is 12.1 Å². The summed E-state index contributed by atoms with van der Waals surface area (Å²) in [5.74, 6) is -1.98. The van der Waals surface area contributed by atoms with Crippen molar-refractivity contribution in [2.24, 2.45) is 0 Å². The van der Waals surface area contributed by atoms with Crippen LogP contribution in [0.2, 0.25) is 0 Å². The molecule has 0 aliphatic rings. The lowest BCUT2D eigenvalue weighted by atomic mass is 10.2. The molecule has 0 radical (unpaired) electrons. The molecule has 0 spiro atoms. The monoisotopic (exact) mass is 246 g/mol. The van der Waals surface area contributed by atoms with Gasteiger partial charge in [-0.25, -0.2) is 4.39 Å². The predicted octanol–water partition coefficient (Wildman–Crippen LogP) is 1.61. The van der Waals surface area contributed by atoms with Crippen LogP contribution in [-0.2, 0) is 11.3 Å². The van der Waals surface area contributed by atoms with Crippen LogP contribution in [0.25, 0.3) is 0 Å². The molecule has 7 heteroatoms. The Morgan fingerprint density at radius 2 is 2.12 bits per heavy atom. The van der Waals surface area contributed by atoms with Crippen molar-refractivity contribution in [2.75, 3.05) is 20.3 Å². The third-order valence-electron chi connectivity index (χ3n) is 2.11. The van der Waals surface area contributed by atoms with E-state index in [0.717, 1.165) is 6.07 Å². The second-order valence-electron chi connectivity index (χ2n) is 3.32. The van der Waals surface area contributed by atoms with Gasteiger partial charge in [-0.15, -0.1) is 0 Å².